The molecule has 0 radical (unpaired) electrons. The molecule has 1 atom stereocenters. The molecule has 0 aliphatic rings. The molecule has 0 aromatic carbocycles. The number of hydrogen-bond donors (Lipinski definition) is 1. The zero-order valence-corrected chi connectivity index (χ0v) is 18.7. The van der Waals surface area contributed by atoms with Crippen LogP contribution in [0.1, 0.15) is 117 Å². The van der Waals surface area contributed by atoms with Crippen LogP contribution in [-0.2, 0) is 9.59 Å². The van der Waals surface area contributed by atoms with Gasteiger partial charge in [0.15, 0.2) is 0 Å². The molecule has 1 N–H and O–H groups in total. The van der Waals surface area contributed by atoms with Gasteiger partial charge in [-0.1, -0.05) is 39.0 Å². The maximum atomic E-state index is 10.8. The van der Waals surface area contributed by atoms with Gasteiger partial charge in [0.2, 0.25) is 0 Å². The van der Waals surface area contributed by atoms with Gasteiger partial charge in [-0.2, -0.15) is 0 Å². The Morgan fingerprint density at radius 3 is 1.27 bits per heavy atom. The van der Waals surface area contributed by atoms with Gasteiger partial charge in [-0.3, -0.25) is 0 Å². The molecule has 0 heterocycles. The van der Waals surface area contributed by atoms with Crippen LogP contribution in [0.5, 0.6) is 0 Å². The number of carboxylic acids is 1. The number of aliphatic hydroxyl groups excluding tert-OH is 1. The number of rotatable bonds is 17. The molecule has 0 spiro atoms. The Balaban J connectivity index is 0. The molecule has 0 fully saturated rings. The first-order chi connectivity index (χ1) is 12.4. The topological polar surface area (TPSA) is 77.4 Å². The average molecular weight is 381 g/mol. The van der Waals surface area contributed by atoms with Gasteiger partial charge in [0.05, 0.1) is 12.1 Å². The van der Waals surface area contributed by atoms with E-state index in [-0.39, 0.29) is 0 Å². The van der Waals surface area contributed by atoms with E-state index in [0.29, 0.717) is 3.91 Å². The monoisotopic (exact) mass is 380 g/mol. The van der Waals surface area contributed by atoms with Gasteiger partial charge in [-0.15, -0.1) is 0 Å². The summed E-state index contributed by atoms with van der Waals surface area (Å²) < 4.78 is 0.375. The van der Waals surface area contributed by atoms with E-state index < -0.39 is 12.1 Å². The fraction of sp³-hybridized carbons (Fsp3) is 0.905. The van der Waals surface area contributed by atoms with Crippen LogP contribution in [0.4, 0.5) is 0 Å². The second kappa shape index (κ2) is 22.9. The van der Waals surface area contributed by atoms with Crippen LogP contribution in [0, 0.1) is 0 Å². The van der Waals surface area contributed by atoms with Crippen molar-refractivity contribution in [3.63, 3.8) is 0 Å². The molecule has 1 unspecified atom stereocenters. The normalized spacial score (nSPS) is 11.6. The standard InChI is InChI=1S/C18H35O.C3H6O3.Mg/c1-2-3-4-5-6-7-8-9-10-11-12-13-14-15-16-17-18-19;1-2(4)3(5)6;/h2-17H2,1H3;2,4H,1H3,(H,5,6);/q;;+1/p-1. The van der Waals surface area contributed by atoms with Crippen molar-refractivity contribution >= 4 is 31.6 Å². The summed E-state index contributed by atoms with van der Waals surface area (Å²) in [6.45, 7) is 3.42. The Hall–Kier alpha value is -0.134. The van der Waals surface area contributed by atoms with E-state index in [2.05, 4.69) is 6.92 Å². The van der Waals surface area contributed by atoms with Crippen LogP contribution < -0.4 is 5.11 Å². The average Bonchev–Trinajstić information content (AvgIpc) is 2.58. The summed E-state index contributed by atoms with van der Waals surface area (Å²) in [6.07, 6.45) is 20.3. The van der Waals surface area contributed by atoms with Crippen molar-refractivity contribution in [2.45, 2.75) is 123 Å². The molecule has 0 aromatic heterocycles. The van der Waals surface area contributed by atoms with Crippen molar-refractivity contribution in [3.05, 3.63) is 0 Å². The zero-order valence-electron chi connectivity index (χ0n) is 17.3. The van der Waals surface area contributed by atoms with Gasteiger partial charge >= 0.3 is 101 Å². The predicted molar refractivity (Wildman–Crippen MR) is 107 cm³/mol. The first-order valence-corrected chi connectivity index (χ1v) is 11.4. The molecule has 4 nitrogen and oxygen atoms in total. The van der Waals surface area contributed by atoms with Crippen molar-refractivity contribution in [2.75, 3.05) is 0 Å². The molecular weight excluding hydrogens is 341 g/mol. The van der Waals surface area contributed by atoms with E-state index in [1.54, 1.807) is 0 Å². The molecule has 0 saturated heterocycles. The van der Waals surface area contributed by atoms with E-state index >= 15 is 0 Å². The summed E-state index contributed by atoms with van der Waals surface area (Å²) in [7, 11) is 0. The Kier molecular flexibility index (Phi) is 24.7. The van der Waals surface area contributed by atoms with Crippen LogP contribution >= 0.6 is 0 Å². The number of aliphatic carboxylic acids is 1. The van der Waals surface area contributed by atoms with Crippen molar-refractivity contribution in [2.24, 2.45) is 0 Å². The number of aliphatic hydroxyl groups is 1. The van der Waals surface area contributed by atoms with Crippen LogP contribution in [0.2, 0.25) is 0 Å². The minimum absolute atomic E-state index is 0.375. The van der Waals surface area contributed by atoms with E-state index in [0.717, 1.165) is 19.8 Å². The number of carboxylic acid groups (broad SMARTS) is 1. The van der Waals surface area contributed by atoms with E-state index in [9.17, 15) is 14.7 Å². The van der Waals surface area contributed by atoms with Crippen LogP contribution in [-0.4, -0.2) is 42.8 Å². The second-order valence-electron chi connectivity index (χ2n) is 7.23. The maximum absolute atomic E-state index is 10.8. The fourth-order valence-electron chi connectivity index (χ4n) is 2.69. The Morgan fingerprint density at radius 2 is 1.04 bits per heavy atom. The molecule has 0 rings (SSSR count). The predicted octanol–water partition coefficient (Wildman–Crippen LogP) is 4.06. The molecule has 0 bridgehead atoms. The summed E-state index contributed by atoms with van der Waals surface area (Å²) in [5, 5.41) is 17.3. The van der Waals surface area contributed by atoms with Gasteiger partial charge in [0.1, 0.15) is 0 Å². The van der Waals surface area contributed by atoms with Crippen LogP contribution in [0.25, 0.3) is 0 Å². The van der Waals surface area contributed by atoms with E-state index in [1.165, 1.54) is 112 Å². The second-order valence-corrected chi connectivity index (χ2v) is 8.02. The first kappa shape index (κ1) is 28.1. The summed E-state index contributed by atoms with van der Waals surface area (Å²) >= 11 is 1.51. The molecule has 0 aliphatic carbocycles. The number of carbonyl (C=O) groups excluding carboxylic acids is 2. The van der Waals surface area contributed by atoms with Crippen LogP contribution in [0.15, 0.2) is 0 Å². The van der Waals surface area contributed by atoms with Crippen molar-refractivity contribution < 1.29 is 19.8 Å². The fourth-order valence-corrected chi connectivity index (χ4v) is 2.94. The van der Waals surface area contributed by atoms with Crippen molar-refractivity contribution in [3.8, 4) is 0 Å². The van der Waals surface area contributed by atoms with Gasteiger partial charge in [0, 0.05) is 0 Å². The molecule has 0 aromatic rings. The van der Waals surface area contributed by atoms with Crippen molar-refractivity contribution in [1.82, 2.24) is 0 Å². The Bertz CT molecular complexity index is 319. The molecule has 0 saturated carbocycles. The van der Waals surface area contributed by atoms with Gasteiger partial charge < -0.3 is 15.0 Å². The Labute approximate surface area is 174 Å². The van der Waals surface area contributed by atoms with Gasteiger partial charge in [-0.05, 0) is 6.92 Å². The quantitative estimate of drug-likeness (QED) is 0.305. The van der Waals surface area contributed by atoms with Crippen molar-refractivity contribution in [1.29, 1.82) is 0 Å². The molecule has 26 heavy (non-hydrogen) atoms. The molecule has 150 valence electrons. The molecule has 5 heteroatoms. The number of hydrogen-bond acceptors (Lipinski definition) is 4. The molecular formula is C21H40MgO4. The molecule has 0 amide bonds. The SMILES string of the molecule is CC(O)C(=O)[O-].CCCCCCCCCCCCCCCCC[C](=O)[Mg+]. The minimum atomic E-state index is -1.44. The summed E-state index contributed by atoms with van der Waals surface area (Å²) in [5.41, 5.74) is 0. The van der Waals surface area contributed by atoms with Gasteiger partial charge in [0.25, 0.3) is 0 Å². The summed E-state index contributed by atoms with van der Waals surface area (Å²) in [4.78, 5) is 20.1. The van der Waals surface area contributed by atoms with Crippen LogP contribution in [0.3, 0.4) is 0 Å². The summed E-state index contributed by atoms with van der Waals surface area (Å²) in [5.74, 6) is -1.44. The first-order valence-electron chi connectivity index (χ1n) is 10.7. The Morgan fingerprint density at radius 1 is 0.769 bits per heavy atom. The third-order valence-electron chi connectivity index (χ3n) is 4.40. The van der Waals surface area contributed by atoms with E-state index in [4.69, 9.17) is 5.11 Å². The number of unbranched alkanes of at least 4 members (excludes halogenated alkanes) is 14. The van der Waals surface area contributed by atoms with E-state index in [1.807, 2.05) is 0 Å². The summed E-state index contributed by atoms with van der Waals surface area (Å²) in [6, 6.07) is 0. The number of carbonyl (C=O) groups is 2. The van der Waals surface area contributed by atoms with Gasteiger partial charge in [-0.25, -0.2) is 0 Å². The zero-order chi connectivity index (χ0) is 20.0. The molecule has 0 aliphatic heterocycles. The third-order valence-corrected chi connectivity index (χ3v) is 4.75. The third kappa shape index (κ3) is 28.7.